The highest BCUT2D eigenvalue weighted by Crippen LogP contribution is 2.43. The summed E-state index contributed by atoms with van der Waals surface area (Å²) < 4.78 is 0. The molecule has 38 heavy (non-hydrogen) atoms. The lowest BCUT2D eigenvalue weighted by Crippen LogP contribution is -1.96. The van der Waals surface area contributed by atoms with E-state index in [1.165, 1.54) is 43.8 Å². The molecule has 0 saturated heterocycles. The minimum absolute atomic E-state index is 1.02. The average Bonchev–Trinajstić information content (AvgIpc) is 2.86. The molecule has 0 saturated carbocycles. The van der Waals surface area contributed by atoms with Crippen LogP contribution in [0.2, 0.25) is 0 Å². The fraction of sp³-hybridized carbons (Fsp3) is 0.0714. The van der Waals surface area contributed by atoms with Crippen LogP contribution >= 0.6 is 0 Å². The Balaban J connectivity index is 0.000000373. The zero-order valence-electron chi connectivity index (χ0n) is 20.4. The summed E-state index contributed by atoms with van der Waals surface area (Å²) in [5, 5.41) is 32.1. The lowest BCUT2D eigenvalue weighted by atomic mass is 9.88. The molecule has 190 valence electrons. The van der Waals surface area contributed by atoms with Gasteiger partial charge >= 0.3 is 0 Å². The SMILES string of the molecule is Cc1cccc2nc3ccccc3c(-c3c4ccccc4nc4cccc(C)c34)c12.O=[N+]([O-])O.O=[N+]([O-])O. The summed E-state index contributed by atoms with van der Waals surface area (Å²) in [6.45, 7) is 4.36. The maximum atomic E-state index is 8.36. The Morgan fingerprint density at radius 3 is 1.24 bits per heavy atom. The summed E-state index contributed by atoms with van der Waals surface area (Å²) in [5.41, 5.74) is 9.10. The molecule has 10 heteroatoms. The molecule has 0 fully saturated rings. The highest BCUT2D eigenvalue weighted by molar-refractivity contribution is 6.21. The van der Waals surface area contributed by atoms with Gasteiger partial charge in [0, 0.05) is 32.7 Å². The minimum atomic E-state index is -1.50. The molecule has 0 spiro atoms. The van der Waals surface area contributed by atoms with Crippen molar-refractivity contribution in [2.24, 2.45) is 0 Å². The van der Waals surface area contributed by atoms with Crippen LogP contribution in [0.3, 0.4) is 0 Å². The molecular formula is C28H22N4O6. The third-order valence-corrected chi connectivity index (χ3v) is 6.08. The van der Waals surface area contributed by atoms with Gasteiger partial charge in [-0.1, -0.05) is 60.7 Å². The second kappa shape index (κ2) is 10.7. The number of aromatic nitrogens is 2. The van der Waals surface area contributed by atoms with E-state index in [4.69, 9.17) is 40.6 Å². The first-order chi connectivity index (χ1) is 18.2. The van der Waals surface area contributed by atoms with Gasteiger partial charge in [0.15, 0.2) is 0 Å². The van der Waals surface area contributed by atoms with E-state index in [2.05, 4.69) is 98.8 Å². The van der Waals surface area contributed by atoms with Gasteiger partial charge in [-0.25, -0.2) is 9.97 Å². The molecule has 0 amide bonds. The lowest BCUT2D eigenvalue weighted by molar-refractivity contribution is -0.742. The third-order valence-electron chi connectivity index (χ3n) is 6.08. The van der Waals surface area contributed by atoms with Crippen molar-refractivity contribution in [1.82, 2.24) is 9.97 Å². The van der Waals surface area contributed by atoms with Crippen molar-refractivity contribution in [2.75, 3.05) is 0 Å². The van der Waals surface area contributed by atoms with Crippen molar-refractivity contribution < 1.29 is 20.6 Å². The number of pyridine rings is 2. The first kappa shape index (κ1) is 25.7. The van der Waals surface area contributed by atoms with Crippen LogP contribution in [0.5, 0.6) is 0 Å². The van der Waals surface area contributed by atoms with E-state index in [1.807, 2.05) is 0 Å². The van der Waals surface area contributed by atoms with E-state index < -0.39 is 10.2 Å². The lowest BCUT2D eigenvalue weighted by Gasteiger charge is -2.18. The molecular weight excluding hydrogens is 488 g/mol. The Morgan fingerprint density at radius 1 is 0.553 bits per heavy atom. The summed E-state index contributed by atoms with van der Waals surface area (Å²) in [6, 6.07) is 29.8. The normalized spacial score (nSPS) is 10.5. The number of hydrogen-bond donors (Lipinski definition) is 2. The molecule has 2 heterocycles. The van der Waals surface area contributed by atoms with Gasteiger partial charge < -0.3 is 10.4 Å². The fourth-order valence-corrected chi connectivity index (χ4v) is 4.75. The van der Waals surface area contributed by atoms with Gasteiger partial charge in [-0.15, -0.1) is 20.2 Å². The zero-order chi connectivity index (χ0) is 27.4. The number of aryl methyl sites for hydroxylation is 2. The van der Waals surface area contributed by atoms with Crippen LogP contribution < -0.4 is 0 Å². The number of benzene rings is 4. The average molecular weight is 511 g/mol. The maximum absolute atomic E-state index is 8.36. The quantitative estimate of drug-likeness (QED) is 0.141. The van der Waals surface area contributed by atoms with Crippen LogP contribution in [0.1, 0.15) is 11.1 Å². The highest BCUT2D eigenvalue weighted by atomic mass is 16.9. The molecule has 0 aliphatic carbocycles. The van der Waals surface area contributed by atoms with Crippen molar-refractivity contribution in [1.29, 1.82) is 0 Å². The van der Waals surface area contributed by atoms with E-state index in [0.29, 0.717) is 0 Å². The second-order valence-corrected chi connectivity index (χ2v) is 8.42. The topological polar surface area (TPSA) is 153 Å². The van der Waals surface area contributed by atoms with Crippen molar-refractivity contribution >= 4 is 43.6 Å². The van der Waals surface area contributed by atoms with Crippen LogP contribution in [-0.2, 0) is 0 Å². The molecule has 0 aliphatic rings. The molecule has 2 N–H and O–H groups in total. The van der Waals surface area contributed by atoms with Gasteiger partial charge in [0.05, 0.1) is 22.1 Å². The van der Waals surface area contributed by atoms with E-state index >= 15 is 0 Å². The molecule has 6 rings (SSSR count). The number of rotatable bonds is 1. The molecule has 0 bridgehead atoms. The zero-order valence-corrected chi connectivity index (χ0v) is 20.4. The van der Waals surface area contributed by atoms with Gasteiger partial charge in [0.2, 0.25) is 0 Å². The van der Waals surface area contributed by atoms with Gasteiger partial charge in [-0.05, 0) is 49.2 Å². The van der Waals surface area contributed by atoms with E-state index in [-0.39, 0.29) is 0 Å². The standard InChI is InChI=1S/C28H20N2.2HNO3/c1-17-9-7-15-23-25(17)27(19-11-3-5-13-21(19)29-23)28-20-12-4-6-14-22(20)30-24-16-8-10-18(2)26(24)28;2*2-1(3)4/h3-16H,1-2H3;2*(H,2,3,4). The molecule has 10 nitrogen and oxygen atoms in total. The summed E-state index contributed by atoms with van der Waals surface area (Å²) in [6.07, 6.45) is 0. The molecule has 0 radical (unpaired) electrons. The Morgan fingerprint density at radius 2 is 0.868 bits per heavy atom. The van der Waals surface area contributed by atoms with Crippen LogP contribution in [0.4, 0.5) is 0 Å². The van der Waals surface area contributed by atoms with Gasteiger partial charge in [-0.3, -0.25) is 0 Å². The number of fused-ring (bicyclic) bond motifs is 4. The molecule has 0 atom stereocenters. The predicted molar refractivity (Wildman–Crippen MR) is 145 cm³/mol. The van der Waals surface area contributed by atoms with E-state index in [0.717, 1.165) is 22.1 Å². The molecule has 6 aromatic rings. The largest absolute Gasteiger partial charge is 0.328 e. The van der Waals surface area contributed by atoms with Crippen molar-refractivity contribution in [3.8, 4) is 11.1 Å². The van der Waals surface area contributed by atoms with Gasteiger partial charge in [0.1, 0.15) is 0 Å². The number of para-hydroxylation sites is 2. The third kappa shape index (κ3) is 5.09. The smallest absolute Gasteiger partial charge is 0.291 e. The van der Waals surface area contributed by atoms with E-state index in [9.17, 15) is 0 Å². The van der Waals surface area contributed by atoms with Crippen LogP contribution in [-0.4, -0.2) is 30.6 Å². The Hall–Kier alpha value is -5.38. The van der Waals surface area contributed by atoms with E-state index in [1.54, 1.807) is 0 Å². The van der Waals surface area contributed by atoms with Crippen LogP contribution in [0, 0.1) is 34.1 Å². The Bertz CT molecular complexity index is 1700. The Labute approximate surface area is 215 Å². The Kier molecular flexibility index (Phi) is 7.24. The summed E-state index contributed by atoms with van der Waals surface area (Å²) >= 11 is 0. The summed E-state index contributed by atoms with van der Waals surface area (Å²) in [7, 11) is 0. The second-order valence-electron chi connectivity index (χ2n) is 8.42. The highest BCUT2D eigenvalue weighted by Gasteiger charge is 2.19. The first-order valence-corrected chi connectivity index (χ1v) is 11.4. The minimum Gasteiger partial charge on any atom is -0.328 e. The van der Waals surface area contributed by atoms with Crippen LogP contribution in [0.15, 0.2) is 84.9 Å². The van der Waals surface area contributed by atoms with Crippen LogP contribution in [0.25, 0.3) is 54.7 Å². The monoisotopic (exact) mass is 510 g/mol. The maximum Gasteiger partial charge on any atom is 0.291 e. The molecule has 2 aromatic heterocycles. The summed E-state index contributed by atoms with van der Waals surface area (Å²) in [4.78, 5) is 26.7. The molecule has 4 aromatic carbocycles. The molecule has 0 unspecified atom stereocenters. The van der Waals surface area contributed by atoms with Crippen molar-refractivity contribution in [3.05, 3.63) is 116 Å². The summed E-state index contributed by atoms with van der Waals surface area (Å²) in [5.74, 6) is 0. The van der Waals surface area contributed by atoms with Gasteiger partial charge in [0.25, 0.3) is 10.2 Å². The van der Waals surface area contributed by atoms with Crippen molar-refractivity contribution in [3.63, 3.8) is 0 Å². The number of nitrogens with zero attached hydrogens (tertiary/aromatic N) is 4. The predicted octanol–water partition coefficient (Wildman–Crippen LogP) is 6.68. The number of hydrogen-bond acceptors (Lipinski definition) is 6. The molecule has 0 aliphatic heterocycles. The first-order valence-electron chi connectivity index (χ1n) is 11.4. The fourth-order valence-electron chi connectivity index (χ4n) is 4.75. The van der Waals surface area contributed by atoms with Gasteiger partial charge in [-0.2, -0.15) is 0 Å². The van der Waals surface area contributed by atoms with Crippen molar-refractivity contribution in [2.45, 2.75) is 13.8 Å².